The highest BCUT2D eigenvalue weighted by Crippen LogP contribution is 2.38. The number of carbonyl (C=O) groups excluding carboxylic acids is 1. The zero-order chi connectivity index (χ0) is 14.7. The number of nitrogens with zero attached hydrogens (tertiary/aromatic N) is 1. The van der Waals surface area contributed by atoms with Crippen LogP contribution in [0.5, 0.6) is 0 Å². The molecule has 2 aromatic rings. The third-order valence-corrected chi connectivity index (χ3v) is 4.29. The van der Waals surface area contributed by atoms with Gasteiger partial charge >= 0.3 is 0 Å². The Bertz CT molecular complexity index is 599. The van der Waals surface area contributed by atoms with Gasteiger partial charge in [-0.25, -0.2) is 4.98 Å². The minimum atomic E-state index is -0.385. The van der Waals surface area contributed by atoms with Gasteiger partial charge in [-0.1, -0.05) is 12.8 Å². The zero-order valence-corrected chi connectivity index (χ0v) is 11.8. The van der Waals surface area contributed by atoms with E-state index in [1.54, 1.807) is 6.20 Å². The second kappa shape index (κ2) is 5.69. The molecule has 0 aliphatic heterocycles. The van der Waals surface area contributed by atoms with Crippen LogP contribution in [0.15, 0.2) is 41.3 Å². The number of nitrogens with two attached hydrogens (primary N) is 1. The topological polar surface area (TPSA) is 81.2 Å². The molecule has 21 heavy (non-hydrogen) atoms. The lowest BCUT2D eigenvalue weighted by Gasteiger charge is -2.25. The van der Waals surface area contributed by atoms with Gasteiger partial charge in [0.05, 0.1) is 11.6 Å². The molecule has 3 N–H and O–H groups in total. The molecular formula is C16H19N3O2. The molecule has 1 fully saturated rings. The zero-order valence-electron chi connectivity index (χ0n) is 11.8. The summed E-state index contributed by atoms with van der Waals surface area (Å²) in [6, 6.07) is 7.55. The minimum absolute atomic E-state index is 0.0370. The SMILES string of the molecule is NCC1(C(=O)Nc2ccc(-c3cnco3)cc2)CCCC1. The van der Waals surface area contributed by atoms with E-state index in [2.05, 4.69) is 10.3 Å². The fourth-order valence-corrected chi connectivity index (χ4v) is 2.92. The van der Waals surface area contributed by atoms with Crippen molar-refractivity contribution in [1.82, 2.24) is 4.98 Å². The maximum absolute atomic E-state index is 12.5. The van der Waals surface area contributed by atoms with Crippen LogP contribution in [0.4, 0.5) is 5.69 Å². The van der Waals surface area contributed by atoms with Crippen LogP contribution in [0.2, 0.25) is 0 Å². The summed E-state index contributed by atoms with van der Waals surface area (Å²) in [5, 5.41) is 2.98. The van der Waals surface area contributed by atoms with Crippen molar-refractivity contribution in [3.8, 4) is 11.3 Å². The fourth-order valence-electron chi connectivity index (χ4n) is 2.92. The first-order valence-electron chi connectivity index (χ1n) is 7.24. The van der Waals surface area contributed by atoms with Crippen LogP contribution in [0.1, 0.15) is 25.7 Å². The summed E-state index contributed by atoms with van der Waals surface area (Å²) in [6.45, 7) is 0.412. The van der Waals surface area contributed by atoms with Gasteiger partial charge in [-0.15, -0.1) is 0 Å². The van der Waals surface area contributed by atoms with Crippen molar-refractivity contribution in [3.05, 3.63) is 36.9 Å². The van der Waals surface area contributed by atoms with Crippen LogP contribution in [-0.2, 0) is 4.79 Å². The van der Waals surface area contributed by atoms with E-state index in [0.29, 0.717) is 12.3 Å². The van der Waals surface area contributed by atoms with E-state index >= 15 is 0 Å². The molecule has 1 aromatic carbocycles. The molecule has 0 radical (unpaired) electrons. The number of carbonyl (C=O) groups is 1. The van der Waals surface area contributed by atoms with Crippen LogP contribution >= 0.6 is 0 Å². The summed E-state index contributed by atoms with van der Waals surface area (Å²) in [5.74, 6) is 0.747. The molecule has 0 bridgehead atoms. The Hall–Kier alpha value is -2.14. The molecule has 0 saturated heterocycles. The van der Waals surface area contributed by atoms with Crippen LogP contribution in [0.3, 0.4) is 0 Å². The number of rotatable bonds is 4. The number of hydrogen-bond donors (Lipinski definition) is 2. The molecule has 1 amide bonds. The molecule has 1 saturated carbocycles. The van der Waals surface area contributed by atoms with Gasteiger partial charge in [0.25, 0.3) is 0 Å². The largest absolute Gasteiger partial charge is 0.444 e. The number of oxazole rings is 1. The maximum Gasteiger partial charge on any atom is 0.231 e. The highest BCUT2D eigenvalue weighted by molar-refractivity contribution is 5.95. The summed E-state index contributed by atoms with van der Waals surface area (Å²) in [5.41, 5.74) is 7.16. The van der Waals surface area contributed by atoms with Crippen molar-refractivity contribution in [3.63, 3.8) is 0 Å². The van der Waals surface area contributed by atoms with Crippen molar-refractivity contribution in [2.24, 2.45) is 11.1 Å². The van der Waals surface area contributed by atoms with Gasteiger partial charge in [0.1, 0.15) is 0 Å². The number of anilines is 1. The standard InChI is InChI=1S/C16H19N3O2/c17-10-16(7-1-2-8-16)15(20)19-13-5-3-12(4-6-13)14-9-18-11-21-14/h3-6,9,11H,1-2,7-8,10,17H2,(H,19,20). The number of benzene rings is 1. The molecule has 110 valence electrons. The highest BCUT2D eigenvalue weighted by atomic mass is 16.3. The lowest BCUT2D eigenvalue weighted by Crippen LogP contribution is -2.40. The molecular weight excluding hydrogens is 266 g/mol. The average Bonchev–Trinajstić information content (AvgIpc) is 3.20. The molecule has 5 nitrogen and oxygen atoms in total. The van der Waals surface area contributed by atoms with Crippen molar-refractivity contribution in [2.45, 2.75) is 25.7 Å². The van der Waals surface area contributed by atoms with Gasteiger partial charge in [-0.05, 0) is 37.1 Å². The number of aromatic nitrogens is 1. The third-order valence-electron chi connectivity index (χ3n) is 4.29. The Kier molecular flexibility index (Phi) is 3.75. The van der Waals surface area contributed by atoms with Gasteiger partial charge in [0.15, 0.2) is 12.2 Å². The van der Waals surface area contributed by atoms with E-state index in [0.717, 1.165) is 36.9 Å². The molecule has 1 heterocycles. The van der Waals surface area contributed by atoms with Gasteiger partial charge < -0.3 is 15.5 Å². The fraction of sp³-hybridized carbons (Fsp3) is 0.375. The van der Waals surface area contributed by atoms with Gasteiger partial charge in [0.2, 0.25) is 5.91 Å². The van der Waals surface area contributed by atoms with E-state index in [-0.39, 0.29) is 11.3 Å². The summed E-state index contributed by atoms with van der Waals surface area (Å²) >= 11 is 0. The predicted molar refractivity (Wildman–Crippen MR) is 80.5 cm³/mol. The molecule has 0 spiro atoms. The first kappa shape index (κ1) is 13.8. The van der Waals surface area contributed by atoms with Crippen LogP contribution in [-0.4, -0.2) is 17.4 Å². The van der Waals surface area contributed by atoms with Crippen LogP contribution < -0.4 is 11.1 Å². The Morgan fingerprint density at radius 3 is 2.57 bits per heavy atom. The van der Waals surface area contributed by atoms with E-state index in [1.807, 2.05) is 24.3 Å². The van der Waals surface area contributed by atoms with Gasteiger partial charge in [-0.2, -0.15) is 0 Å². The minimum Gasteiger partial charge on any atom is -0.444 e. The monoisotopic (exact) mass is 285 g/mol. The van der Waals surface area contributed by atoms with E-state index in [9.17, 15) is 4.79 Å². The predicted octanol–water partition coefficient (Wildman–Crippen LogP) is 2.80. The first-order valence-corrected chi connectivity index (χ1v) is 7.24. The third kappa shape index (κ3) is 2.69. The summed E-state index contributed by atoms with van der Waals surface area (Å²) in [6.07, 6.45) is 6.98. The molecule has 1 aliphatic rings. The quantitative estimate of drug-likeness (QED) is 0.905. The molecule has 1 aromatic heterocycles. The summed E-state index contributed by atoms with van der Waals surface area (Å²) in [4.78, 5) is 16.4. The smallest absolute Gasteiger partial charge is 0.231 e. The normalized spacial score (nSPS) is 16.8. The Balaban J connectivity index is 1.72. The van der Waals surface area contributed by atoms with Crippen molar-refractivity contribution in [2.75, 3.05) is 11.9 Å². The number of hydrogen-bond acceptors (Lipinski definition) is 4. The number of nitrogens with one attached hydrogen (secondary N) is 1. The molecule has 3 rings (SSSR count). The Morgan fingerprint density at radius 2 is 2.00 bits per heavy atom. The van der Waals surface area contributed by atoms with Crippen molar-refractivity contribution in [1.29, 1.82) is 0 Å². The molecule has 5 heteroatoms. The molecule has 0 unspecified atom stereocenters. The lowest BCUT2D eigenvalue weighted by atomic mass is 9.85. The summed E-state index contributed by atoms with van der Waals surface area (Å²) in [7, 11) is 0. The van der Waals surface area contributed by atoms with E-state index < -0.39 is 0 Å². The maximum atomic E-state index is 12.5. The highest BCUT2D eigenvalue weighted by Gasteiger charge is 2.39. The van der Waals surface area contributed by atoms with Crippen LogP contribution in [0.25, 0.3) is 11.3 Å². The van der Waals surface area contributed by atoms with Crippen LogP contribution in [0, 0.1) is 5.41 Å². The second-order valence-electron chi connectivity index (χ2n) is 5.59. The Morgan fingerprint density at radius 1 is 1.29 bits per heavy atom. The number of amides is 1. The first-order chi connectivity index (χ1) is 10.2. The van der Waals surface area contributed by atoms with Gasteiger partial charge in [0, 0.05) is 17.8 Å². The molecule has 1 aliphatic carbocycles. The summed E-state index contributed by atoms with van der Waals surface area (Å²) < 4.78 is 5.24. The van der Waals surface area contributed by atoms with E-state index in [4.69, 9.17) is 10.2 Å². The Labute approximate surface area is 123 Å². The van der Waals surface area contributed by atoms with Crippen molar-refractivity contribution < 1.29 is 9.21 Å². The average molecular weight is 285 g/mol. The molecule has 0 atom stereocenters. The second-order valence-corrected chi connectivity index (χ2v) is 5.59. The van der Waals surface area contributed by atoms with Crippen molar-refractivity contribution >= 4 is 11.6 Å². The lowest BCUT2D eigenvalue weighted by molar-refractivity contribution is -0.124. The van der Waals surface area contributed by atoms with Gasteiger partial charge in [-0.3, -0.25) is 4.79 Å². The van der Waals surface area contributed by atoms with E-state index in [1.165, 1.54) is 6.39 Å².